The summed E-state index contributed by atoms with van der Waals surface area (Å²) in [6.45, 7) is 0.736. The van der Waals surface area contributed by atoms with Crippen molar-refractivity contribution >= 4 is 40.9 Å². The Morgan fingerprint density at radius 1 is 1.29 bits per heavy atom. The van der Waals surface area contributed by atoms with Gasteiger partial charge in [0.2, 0.25) is 0 Å². The summed E-state index contributed by atoms with van der Waals surface area (Å²) in [5.41, 5.74) is 1.71. The Bertz CT molecular complexity index is 686. The fourth-order valence-corrected chi connectivity index (χ4v) is 4.07. The summed E-state index contributed by atoms with van der Waals surface area (Å²) in [5.74, 6) is 0.924. The van der Waals surface area contributed by atoms with Crippen molar-refractivity contribution in [2.24, 2.45) is 7.05 Å². The van der Waals surface area contributed by atoms with E-state index >= 15 is 0 Å². The van der Waals surface area contributed by atoms with Crippen molar-refractivity contribution in [1.82, 2.24) is 9.47 Å². The molecule has 21 heavy (non-hydrogen) atoms. The minimum absolute atomic E-state index is 0.00948. The summed E-state index contributed by atoms with van der Waals surface area (Å²) < 4.78 is 2.05. The van der Waals surface area contributed by atoms with E-state index in [1.54, 1.807) is 30.0 Å². The minimum Gasteiger partial charge on any atom is -0.352 e. The third-order valence-corrected chi connectivity index (χ3v) is 5.52. The summed E-state index contributed by atoms with van der Waals surface area (Å²) in [6.07, 6.45) is 2.00. The van der Waals surface area contributed by atoms with Crippen LogP contribution in [-0.4, -0.2) is 27.7 Å². The fourth-order valence-electron chi connectivity index (χ4n) is 2.45. The van der Waals surface area contributed by atoms with Gasteiger partial charge in [0, 0.05) is 31.1 Å². The van der Waals surface area contributed by atoms with Gasteiger partial charge < -0.3 is 9.47 Å². The van der Waals surface area contributed by atoms with Crippen molar-refractivity contribution in [3.8, 4) is 0 Å². The fraction of sp³-hybridized carbons (Fsp3) is 0.267. The van der Waals surface area contributed by atoms with Gasteiger partial charge in [0.05, 0.1) is 15.7 Å². The second-order valence-corrected chi connectivity index (χ2v) is 6.90. The van der Waals surface area contributed by atoms with E-state index in [4.69, 9.17) is 23.2 Å². The van der Waals surface area contributed by atoms with Crippen LogP contribution >= 0.6 is 35.0 Å². The largest absolute Gasteiger partial charge is 0.352 e. The van der Waals surface area contributed by atoms with Gasteiger partial charge in [-0.3, -0.25) is 4.79 Å². The molecule has 1 saturated heterocycles. The summed E-state index contributed by atoms with van der Waals surface area (Å²) >= 11 is 13.7. The number of rotatable bonds is 2. The van der Waals surface area contributed by atoms with Crippen LogP contribution < -0.4 is 0 Å². The van der Waals surface area contributed by atoms with Crippen LogP contribution in [0, 0.1) is 0 Å². The number of thioether (sulfide) groups is 1. The molecule has 1 aromatic carbocycles. The van der Waals surface area contributed by atoms with Crippen molar-refractivity contribution in [1.29, 1.82) is 0 Å². The molecule has 3 nitrogen and oxygen atoms in total. The van der Waals surface area contributed by atoms with Crippen LogP contribution in [0.3, 0.4) is 0 Å². The van der Waals surface area contributed by atoms with Crippen molar-refractivity contribution in [3.63, 3.8) is 0 Å². The number of aromatic nitrogens is 1. The lowest BCUT2D eigenvalue weighted by Crippen LogP contribution is -2.31. The highest BCUT2D eigenvalue weighted by Crippen LogP contribution is 2.39. The monoisotopic (exact) mass is 340 g/mol. The molecule has 1 amide bonds. The van der Waals surface area contributed by atoms with Crippen molar-refractivity contribution in [2.45, 2.75) is 5.37 Å². The topological polar surface area (TPSA) is 25.2 Å². The van der Waals surface area contributed by atoms with Gasteiger partial charge >= 0.3 is 0 Å². The van der Waals surface area contributed by atoms with Crippen molar-refractivity contribution in [3.05, 3.63) is 57.8 Å². The Balaban J connectivity index is 1.89. The SMILES string of the molecule is Cn1cccc1C1SCCN1C(=O)c1ccc(Cl)c(Cl)c1. The molecule has 2 heterocycles. The molecule has 0 radical (unpaired) electrons. The van der Waals surface area contributed by atoms with Crippen LogP contribution in [-0.2, 0) is 7.05 Å². The molecule has 1 atom stereocenters. The lowest BCUT2D eigenvalue weighted by Gasteiger charge is -2.24. The van der Waals surface area contributed by atoms with E-state index in [9.17, 15) is 4.79 Å². The molecule has 110 valence electrons. The number of carbonyl (C=O) groups is 1. The van der Waals surface area contributed by atoms with E-state index in [0.717, 1.165) is 18.0 Å². The number of aryl methyl sites for hydroxylation is 1. The molecule has 0 aliphatic carbocycles. The zero-order valence-corrected chi connectivity index (χ0v) is 13.8. The zero-order chi connectivity index (χ0) is 15.0. The quantitative estimate of drug-likeness (QED) is 0.817. The molecule has 1 unspecified atom stereocenters. The highest BCUT2D eigenvalue weighted by atomic mass is 35.5. The Hall–Kier alpha value is -1.10. The molecule has 0 N–H and O–H groups in total. The number of benzene rings is 1. The van der Waals surface area contributed by atoms with E-state index in [1.807, 2.05) is 24.2 Å². The lowest BCUT2D eigenvalue weighted by atomic mass is 10.2. The molecule has 0 bridgehead atoms. The Morgan fingerprint density at radius 2 is 2.10 bits per heavy atom. The minimum atomic E-state index is -0.00948. The van der Waals surface area contributed by atoms with Crippen LogP contribution in [0.1, 0.15) is 21.4 Å². The van der Waals surface area contributed by atoms with Gasteiger partial charge in [-0.1, -0.05) is 23.2 Å². The Labute approximate surface area is 137 Å². The third kappa shape index (κ3) is 2.80. The molecule has 1 aromatic heterocycles. The van der Waals surface area contributed by atoms with Gasteiger partial charge in [-0.25, -0.2) is 0 Å². The smallest absolute Gasteiger partial charge is 0.255 e. The van der Waals surface area contributed by atoms with Gasteiger partial charge in [-0.05, 0) is 30.3 Å². The first kappa shape index (κ1) is 14.8. The second-order valence-electron chi connectivity index (χ2n) is 4.89. The van der Waals surface area contributed by atoms with E-state index in [1.165, 1.54) is 0 Å². The van der Waals surface area contributed by atoms with Crippen molar-refractivity contribution < 1.29 is 4.79 Å². The molecule has 1 aliphatic heterocycles. The second kappa shape index (κ2) is 5.95. The Morgan fingerprint density at radius 3 is 2.76 bits per heavy atom. The maximum atomic E-state index is 12.7. The molecular formula is C15H14Cl2N2OS. The zero-order valence-electron chi connectivity index (χ0n) is 11.4. The first-order valence-electron chi connectivity index (χ1n) is 6.57. The standard InChI is InChI=1S/C15H14Cl2N2OS/c1-18-6-2-3-13(18)15-19(7-8-21-15)14(20)10-4-5-11(16)12(17)9-10/h2-6,9,15H,7-8H2,1H3. The van der Waals surface area contributed by atoms with Gasteiger partial charge in [0.1, 0.15) is 5.37 Å². The first-order chi connectivity index (χ1) is 10.1. The number of halogens is 2. The van der Waals surface area contributed by atoms with E-state index in [-0.39, 0.29) is 11.3 Å². The highest BCUT2D eigenvalue weighted by Gasteiger charge is 2.32. The van der Waals surface area contributed by atoms with Crippen LogP contribution in [0.4, 0.5) is 0 Å². The molecule has 3 rings (SSSR count). The number of carbonyl (C=O) groups excluding carboxylic acids is 1. The van der Waals surface area contributed by atoms with Crippen LogP contribution in [0.25, 0.3) is 0 Å². The number of hydrogen-bond donors (Lipinski definition) is 0. The van der Waals surface area contributed by atoms with Crippen LogP contribution in [0.5, 0.6) is 0 Å². The highest BCUT2D eigenvalue weighted by molar-refractivity contribution is 7.99. The van der Waals surface area contributed by atoms with Crippen LogP contribution in [0.15, 0.2) is 36.5 Å². The number of amides is 1. The number of hydrogen-bond acceptors (Lipinski definition) is 2. The summed E-state index contributed by atoms with van der Waals surface area (Å²) in [6, 6.07) is 9.07. The average Bonchev–Trinajstić information content (AvgIpc) is 3.09. The molecule has 1 aliphatic rings. The first-order valence-corrected chi connectivity index (χ1v) is 8.37. The normalized spacial score (nSPS) is 18.2. The van der Waals surface area contributed by atoms with E-state index < -0.39 is 0 Å². The molecule has 2 aromatic rings. The van der Waals surface area contributed by atoms with Gasteiger partial charge in [-0.15, -0.1) is 11.8 Å². The van der Waals surface area contributed by atoms with Crippen molar-refractivity contribution in [2.75, 3.05) is 12.3 Å². The van der Waals surface area contributed by atoms with Gasteiger partial charge in [-0.2, -0.15) is 0 Å². The Kier molecular flexibility index (Phi) is 4.20. The average molecular weight is 341 g/mol. The van der Waals surface area contributed by atoms with E-state index in [0.29, 0.717) is 15.6 Å². The summed E-state index contributed by atoms with van der Waals surface area (Å²) in [7, 11) is 2.00. The predicted molar refractivity (Wildman–Crippen MR) is 88.1 cm³/mol. The lowest BCUT2D eigenvalue weighted by molar-refractivity contribution is 0.0757. The summed E-state index contributed by atoms with van der Waals surface area (Å²) in [5, 5.41) is 0.916. The van der Waals surface area contributed by atoms with Gasteiger partial charge in [0.25, 0.3) is 5.91 Å². The molecular weight excluding hydrogens is 327 g/mol. The number of nitrogens with zero attached hydrogens (tertiary/aromatic N) is 2. The van der Waals surface area contributed by atoms with E-state index in [2.05, 4.69) is 10.6 Å². The third-order valence-electron chi connectivity index (χ3n) is 3.56. The molecule has 6 heteroatoms. The molecule has 0 saturated carbocycles. The van der Waals surface area contributed by atoms with Gasteiger partial charge in [0.15, 0.2) is 0 Å². The molecule has 1 fully saturated rings. The maximum absolute atomic E-state index is 12.7. The van der Waals surface area contributed by atoms with Crippen LogP contribution in [0.2, 0.25) is 10.0 Å². The maximum Gasteiger partial charge on any atom is 0.255 e. The predicted octanol–water partition coefficient (Wildman–Crippen LogP) is 4.22. The molecule has 0 spiro atoms. The summed E-state index contributed by atoms with van der Waals surface area (Å²) in [4.78, 5) is 14.6.